The molecule has 0 heterocycles. The third-order valence-corrected chi connectivity index (χ3v) is 2.98. The maximum absolute atomic E-state index is 11.9. The molecule has 2 atom stereocenters. The molecule has 0 saturated heterocycles. The molecule has 1 aliphatic carbocycles. The van der Waals surface area contributed by atoms with Gasteiger partial charge >= 0.3 is 0 Å². The van der Waals surface area contributed by atoms with Crippen LogP contribution in [-0.2, 0) is 9.59 Å². The summed E-state index contributed by atoms with van der Waals surface area (Å²) in [5, 5.41) is 0. The van der Waals surface area contributed by atoms with Crippen LogP contribution in [0.5, 0.6) is 0 Å². The average Bonchev–Trinajstić information content (AvgIpc) is 2.11. The summed E-state index contributed by atoms with van der Waals surface area (Å²) in [7, 11) is 7.74. The predicted octanol–water partition coefficient (Wildman–Crippen LogP) is 0.274. The van der Waals surface area contributed by atoms with Gasteiger partial charge in [-0.1, -0.05) is 0 Å². The number of carbonyl (C=O) groups is 2. The molecule has 0 amide bonds. The minimum atomic E-state index is -0.0825. The van der Waals surface area contributed by atoms with Crippen LogP contribution in [0.15, 0.2) is 0 Å². The summed E-state index contributed by atoms with van der Waals surface area (Å²) in [6, 6.07) is 0. The summed E-state index contributed by atoms with van der Waals surface area (Å²) >= 11 is 0. The molecule has 0 radical (unpaired) electrons. The van der Waals surface area contributed by atoms with Gasteiger partial charge in [0.25, 0.3) is 0 Å². The van der Waals surface area contributed by atoms with Crippen LogP contribution >= 0.6 is 0 Å². The molecule has 0 aromatic heterocycles. The van der Waals surface area contributed by atoms with Gasteiger partial charge in [-0.05, 0) is 28.2 Å². The van der Waals surface area contributed by atoms with Crippen LogP contribution in [0, 0.1) is 11.8 Å². The molecule has 1 fully saturated rings. The van der Waals surface area contributed by atoms with E-state index >= 15 is 0 Å². The first kappa shape index (κ1) is 13.3. The van der Waals surface area contributed by atoms with Gasteiger partial charge in [0.1, 0.15) is 11.6 Å². The molecule has 0 bridgehead atoms. The zero-order chi connectivity index (χ0) is 12.3. The number of hydrogen-bond acceptors (Lipinski definition) is 4. The number of Topliss-reactive ketones (excluding diaryl/α,β-unsaturated/α-hetero) is 2. The van der Waals surface area contributed by atoms with Gasteiger partial charge < -0.3 is 9.80 Å². The second kappa shape index (κ2) is 5.55. The fourth-order valence-electron chi connectivity index (χ4n) is 2.26. The van der Waals surface area contributed by atoms with Crippen molar-refractivity contribution in [3.63, 3.8) is 0 Å². The Morgan fingerprint density at radius 3 is 1.44 bits per heavy atom. The zero-order valence-corrected chi connectivity index (χ0v) is 10.7. The minimum Gasteiger partial charge on any atom is -0.309 e. The summed E-state index contributed by atoms with van der Waals surface area (Å²) in [6.07, 6.45) is 0.852. The zero-order valence-electron chi connectivity index (χ0n) is 10.7. The second-order valence-corrected chi connectivity index (χ2v) is 5.26. The molecule has 0 aromatic rings. The molecule has 0 aliphatic heterocycles. The fraction of sp³-hybridized carbons (Fsp3) is 0.833. The Labute approximate surface area is 97.6 Å². The van der Waals surface area contributed by atoms with E-state index in [-0.39, 0.29) is 23.4 Å². The SMILES string of the molecule is CN(C)C[C@H]1CC(=O)[C@H](CN(C)C)CC1=O. The van der Waals surface area contributed by atoms with Crippen molar-refractivity contribution in [2.24, 2.45) is 11.8 Å². The van der Waals surface area contributed by atoms with Crippen molar-refractivity contribution in [1.82, 2.24) is 9.80 Å². The smallest absolute Gasteiger partial charge is 0.138 e. The minimum absolute atomic E-state index is 0.0825. The van der Waals surface area contributed by atoms with E-state index in [1.54, 1.807) is 0 Å². The van der Waals surface area contributed by atoms with Crippen molar-refractivity contribution in [3.05, 3.63) is 0 Å². The van der Waals surface area contributed by atoms with Crippen LogP contribution in [0.3, 0.4) is 0 Å². The molecule has 16 heavy (non-hydrogen) atoms. The normalized spacial score (nSPS) is 26.9. The molecule has 0 aromatic carbocycles. The molecule has 1 saturated carbocycles. The van der Waals surface area contributed by atoms with Crippen molar-refractivity contribution in [2.75, 3.05) is 41.3 Å². The first-order valence-corrected chi connectivity index (χ1v) is 5.75. The second-order valence-electron chi connectivity index (χ2n) is 5.26. The summed E-state index contributed by atoms with van der Waals surface area (Å²) < 4.78 is 0. The predicted molar refractivity (Wildman–Crippen MR) is 63.3 cm³/mol. The van der Waals surface area contributed by atoms with Gasteiger partial charge in [-0.15, -0.1) is 0 Å². The van der Waals surface area contributed by atoms with Gasteiger partial charge in [0, 0.05) is 37.8 Å². The van der Waals surface area contributed by atoms with E-state index in [4.69, 9.17) is 0 Å². The van der Waals surface area contributed by atoms with Gasteiger partial charge in [-0.25, -0.2) is 0 Å². The lowest BCUT2D eigenvalue weighted by atomic mass is 9.79. The number of ketones is 2. The Morgan fingerprint density at radius 1 is 0.875 bits per heavy atom. The first-order valence-electron chi connectivity index (χ1n) is 5.75. The summed E-state index contributed by atoms with van der Waals surface area (Å²) in [6.45, 7) is 1.39. The molecular formula is C12H22N2O2. The lowest BCUT2D eigenvalue weighted by Crippen LogP contribution is -2.41. The van der Waals surface area contributed by atoms with E-state index in [2.05, 4.69) is 0 Å². The van der Waals surface area contributed by atoms with Crippen molar-refractivity contribution < 1.29 is 9.59 Å². The molecule has 0 unspecified atom stereocenters. The van der Waals surface area contributed by atoms with Crippen molar-refractivity contribution in [3.8, 4) is 0 Å². The molecule has 4 nitrogen and oxygen atoms in total. The maximum atomic E-state index is 11.9. The quantitative estimate of drug-likeness (QED) is 0.690. The molecular weight excluding hydrogens is 204 g/mol. The van der Waals surface area contributed by atoms with E-state index in [9.17, 15) is 9.59 Å². The van der Waals surface area contributed by atoms with Crippen LogP contribution in [0.1, 0.15) is 12.8 Å². The molecule has 4 heteroatoms. The highest BCUT2D eigenvalue weighted by Gasteiger charge is 2.34. The van der Waals surface area contributed by atoms with Gasteiger partial charge in [-0.3, -0.25) is 9.59 Å². The standard InChI is InChI=1S/C12H22N2O2/c1-13(2)7-9-5-12(16)10(6-11(9)15)8-14(3)4/h9-10H,5-8H2,1-4H3/t9-,10+. The third-order valence-electron chi connectivity index (χ3n) is 2.98. The van der Waals surface area contributed by atoms with Crippen molar-refractivity contribution in [1.29, 1.82) is 0 Å². The van der Waals surface area contributed by atoms with Crippen LogP contribution < -0.4 is 0 Å². The maximum Gasteiger partial charge on any atom is 0.138 e. The summed E-state index contributed by atoms with van der Waals surface area (Å²) in [5.41, 5.74) is 0. The third kappa shape index (κ3) is 3.68. The highest BCUT2D eigenvalue weighted by molar-refractivity contribution is 5.96. The highest BCUT2D eigenvalue weighted by Crippen LogP contribution is 2.24. The highest BCUT2D eigenvalue weighted by atomic mass is 16.1. The Morgan fingerprint density at radius 2 is 1.19 bits per heavy atom. The molecule has 1 rings (SSSR count). The van der Waals surface area contributed by atoms with E-state index in [0.29, 0.717) is 25.9 Å². The molecule has 0 spiro atoms. The Bertz CT molecular complexity index is 246. The van der Waals surface area contributed by atoms with Crippen LogP contribution in [0.25, 0.3) is 0 Å². The van der Waals surface area contributed by atoms with Crippen LogP contribution in [0.4, 0.5) is 0 Å². The van der Waals surface area contributed by atoms with E-state index in [1.165, 1.54) is 0 Å². The van der Waals surface area contributed by atoms with E-state index < -0.39 is 0 Å². The number of nitrogens with zero attached hydrogens (tertiary/aromatic N) is 2. The van der Waals surface area contributed by atoms with Crippen LogP contribution in [0.2, 0.25) is 0 Å². The van der Waals surface area contributed by atoms with Gasteiger partial charge in [0.15, 0.2) is 0 Å². The van der Waals surface area contributed by atoms with Gasteiger partial charge in [0.2, 0.25) is 0 Å². The number of rotatable bonds is 4. The van der Waals surface area contributed by atoms with Crippen molar-refractivity contribution in [2.45, 2.75) is 12.8 Å². The lowest BCUT2D eigenvalue weighted by molar-refractivity contribution is -0.137. The summed E-state index contributed by atoms with van der Waals surface area (Å²) in [4.78, 5) is 27.7. The molecule has 1 aliphatic rings. The average molecular weight is 226 g/mol. The van der Waals surface area contributed by atoms with Gasteiger partial charge in [-0.2, -0.15) is 0 Å². The first-order chi connectivity index (χ1) is 7.40. The molecule has 92 valence electrons. The largest absolute Gasteiger partial charge is 0.309 e. The van der Waals surface area contributed by atoms with Crippen molar-refractivity contribution >= 4 is 11.6 Å². The van der Waals surface area contributed by atoms with E-state index in [1.807, 2.05) is 38.0 Å². The monoisotopic (exact) mass is 226 g/mol. The summed E-state index contributed by atoms with van der Waals surface area (Å²) in [5.74, 6) is 0.335. The lowest BCUT2D eigenvalue weighted by Gasteiger charge is -2.29. The number of hydrogen-bond donors (Lipinski definition) is 0. The number of carbonyl (C=O) groups excluding carboxylic acids is 2. The van der Waals surface area contributed by atoms with Crippen LogP contribution in [-0.4, -0.2) is 62.6 Å². The fourth-order valence-corrected chi connectivity index (χ4v) is 2.26. The Kier molecular flexibility index (Phi) is 4.62. The van der Waals surface area contributed by atoms with E-state index in [0.717, 1.165) is 0 Å². The topological polar surface area (TPSA) is 40.6 Å². The Hall–Kier alpha value is -0.740. The Balaban J connectivity index is 2.56. The van der Waals surface area contributed by atoms with Gasteiger partial charge in [0.05, 0.1) is 0 Å². The molecule has 0 N–H and O–H groups in total.